The summed E-state index contributed by atoms with van der Waals surface area (Å²) in [5.41, 5.74) is -1.80. The van der Waals surface area contributed by atoms with Gasteiger partial charge < -0.3 is 9.47 Å². The van der Waals surface area contributed by atoms with E-state index in [-0.39, 0.29) is 34.4 Å². The van der Waals surface area contributed by atoms with Crippen molar-refractivity contribution < 1.29 is 45.4 Å². The van der Waals surface area contributed by atoms with Crippen LogP contribution in [-0.2, 0) is 21.8 Å². The van der Waals surface area contributed by atoms with E-state index in [1.165, 1.54) is 18.2 Å². The zero-order valence-corrected chi connectivity index (χ0v) is 19.0. The van der Waals surface area contributed by atoms with Crippen molar-refractivity contribution in [3.63, 3.8) is 0 Å². The van der Waals surface area contributed by atoms with Crippen LogP contribution in [0.3, 0.4) is 0 Å². The lowest BCUT2D eigenvalue weighted by molar-refractivity contribution is -0.138. The molecule has 0 radical (unpaired) electrons. The molecular weight excluding hydrogens is 522 g/mol. The number of carbonyl (C=O) groups is 2. The van der Waals surface area contributed by atoms with E-state index in [4.69, 9.17) is 0 Å². The molecule has 0 heterocycles. The smallest absolute Gasteiger partial charge is 0.416 e. The normalized spacial score (nSPS) is 11.2. The summed E-state index contributed by atoms with van der Waals surface area (Å²) in [6.45, 7) is 6.78. The number of hydrogen-bond donors (Lipinski definition) is 0. The van der Waals surface area contributed by atoms with Crippen LogP contribution in [0.2, 0.25) is 0 Å². The molecular formula is C22H19BrF6O4. The molecule has 0 atom stereocenters. The van der Waals surface area contributed by atoms with Gasteiger partial charge in [0, 0.05) is 4.47 Å². The molecule has 0 fully saturated rings. The summed E-state index contributed by atoms with van der Waals surface area (Å²) in [5, 5.41) is 0. The van der Waals surface area contributed by atoms with E-state index in [1.54, 1.807) is 13.8 Å². The van der Waals surface area contributed by atoms with E-state index in [2.05, 4.69) is 32.0 Å². The fraction of sp³-hybridized carbons (Fsp3) is 0.273. The molecule has 180 valence electrons. The van der Waals surface area contributed by atoms with Crippen LogP contribution in [0.5, 0.6) is 0 Å². The Kier molecular flexibility index (Phi) is 10.1. The predicted molar refractivity (Wildman–Crippen MR) is 113 cm³/mol. The molecule has 0 aliphatic carbocycles. The Labute approximate surface area is 194 Å². The van der Waals surface area contributed by atoms with Gasteiger partial charge in [0.05, 0.1) is 35.5 Å². The Balaban J connectivity index is 0.000000331. The van der Waals surface area contributed by atoms with Gasteiger partial charge in [-0.1, -0.05) is 28.6 Å². The molecule has 2 aromatic carbocycles. The summed E-state index contributed by atoms with van der Waals surface area (Å²) < 4.78 is 84.4. The zero-order chi connectivity index (χ0) is 25.4. The summed E-state index contributed by atoms with van der Waals surface area (Å²) in [6.07, 6.45) is -7.73. The second-order valence-corrected chi connectivity index (χ2v) is 7.13. The number of alkyl halides is 6. The first-order chi connectivity index (χ1) is 15.2. The van der Waals surface area contributed by atoms with Crippen molar-refractivity contribution in [3.05, 3.63) is 75.3 Å². The van der Waals surface area contributed by atoms with Gasteiger partial charge in [0.25, 0.3) is 0 Å². The summed E-state index contributed by atoms with van der Waals surface area (Å²) in [6, 6.07) is 5.96. The Bertz CT molecular complexity index is 999. The molecule has 2 rings (SSSR count). The average Bonchev–Trinajstić information content (AvgIpc) is 2.72. The lowest BCUT2D eigenvalue weighted by Crippen LogP contribution is -2.10. The molecule has 0 bridgehead atoms. The summed E-state index contributed by atoms with van der Waals surface area (Å²) >= 11 is 2.92. The number of rotatable bonds is 5. The lowest BCUT2D eigenvalue weighted by Gasteiger charge is -2.10. The molecule has 11 heteroatoms. The Morgan fingerprint density at radius 3 is 1.64 bits per heavy atom. The second kappa shape index (κ2) is 11.9. The van der Waals surface area contributed by atoms with E-state index in [0.29, 0.717) is 0 Å². The van der Waals surface area contributed by atoms with Crippen molar-refractivity contribution in [2.75, 3.05) is 13.2 Å². The quantitative estimate of drug-likeness (QED) is 0.298. The van der Waals surface area contributed by atoms with Crippen LogP contribution in [0, 0.1) is 0 Å². The fourth-order valence-electron chi connectivity index (χ4n) is 2.35. The van der Waals surface area contributed by atoms with E-state index in [0.717, 1.165) is 24.3 Å². The summed E-state index contributed by atoms with van der Waals surface area (Å²) in [7, 11) is 0. The number of halogens is 7. The third-order valence-corrected chi connectivity index (χ3v) is 4.22. The Morgan fingerprint density at radius 2 is 1.24 bits per heavy atom. The first-order valence-corrected chi connectivity index (χ1v) is 10.1. The maximum Gasteiger partial charge on any atom is 0.416 e. The minimum absolute atomic E-state index is 0.110. The molecule has 0 amide bonds. The van der Waals surface area contributed by atoms with Gasteiger partial charge in [-0.15, -0.1) is 0 Å². The maximum atomic E-state index is 12.5. The van der Waals surface area contributed by atoms with Crippen LogP contribution in [0.1, 0.15) is 51.3 Å². The highest BCUT2D eigenvalue weighted by Crippen LogP contribution is 2.32. The maximum absolute atomic E-state index is 12.5. The van der Waals surface area contributed by atoms with E-state index >= 15 is 0 Å². The number of benzene rings is 2. The van der Waals surface area contributed by atoms with Gasteiger partial charge in [0.2, 0.25) is 0 Å². The Morgan fingerprint density at radius 1 is 0.818 bits per heavy atom. The minimum Gasteiger partial charge on any atom is -0.462 e. The number of esters is 2. The van der Waals surface area contributed by atoms with Crippen LogP contribution in [0.4, 0.5) is 26.3 Å². The monoisotopic (exact) mass is 540 g/mol. The second-order valence-electron chi connectivity index (χ2n) is 6.21. The van der Waals surface area contributed by atoms with Gasteiger partial charge in [-0.3, -0.25) is 0 Å². The van der Waals surface area contributed by atoms with Gasteiger partial charge in [0.1, 0.15) is 0 Å². The molecule has 4 nitrogen and oxygen atoms in total. The minimum atomic E-state index is -4.50. The lowest BCUT2D eigenvalue weighted by atomic mass is 10.1. The first-order valence-electron chi connectivity index (χ1n) is 9.29. The van der Waals surface area contributed by atoms with Crippen molar-refractivity contribution in [3.8, 4) is 0 Å². The van der Waals surface area contributed by atoms with Gasteiger partial charge >= 0.3 is 24.3 Å². The van der Waals surface area contributed by atoms with E-state index in [9.17, 15) is 35.9 Å². The summed E-state index contributed by atoms with van der Waals surface area (Å²) in [5.74, 6) is -1.55. The van der Waals surface area contributed by atoms with Crippen LogP contribution in [-0.4, -0.2) is 25.2 Å². The molecule has 2 aromatic rings. The van der Waals surface area contributed by atoms with Crippen LogP contribution in [0.25, 0.3) is 6.08 Å². The molecule has 0 aromatic heterocycles. The first kappa shape index (κ1) is 28.2. The highest BCUT2D eigenvalue weighted by Gasteiger charge is 2.32. The molecule has 0 unspecified atom stereocenters. The SMILES string of the molecule is C=Cc1cc(C(=O)OCC)cc(C(F)(F)F)c1.CCOC(=O)c1cc(Br)cc(C(F)(F)F)c1. The van der Waals surface area contributed by atoms with Crippen LogP contribution in [0.15, 0.2) is 47.4 Å². The molecule has 33 heavy (non-hydrogen) atoms. The van der Waals surface area contributed by atoms with Crippen molar-refractivity contribution >= 4 is 33.9 Å². The standard InChI is InChI=1S/C12H11F3O2.C10H8BrF3O2/c1-3-8-5-9(11(16)17-4-2)7-10(6-8)12(13,14)15;1-2-16-9(15)6-3-7(10(12,13)14)5-8(11)4-6/h3,5-7H,1,4H2,2H3;3-5H,2H2,1H3. The third-order valence-electron chi connectivity index (χ3n) is 3.77. The highest BCUT2D eigenvalue weighted by atomic mass is 79.9. The number of hydrogen-bond acceptors (Lipinski definition) is 4. The highest BCUT2D eigenvalue weighted by molar-refractivity contribution is 9.10. The topological polar surface area (TPSA) is 52.6 Å². The van der Waals surface area contributed by atoms with Gasteiger partial charge in [-0.25, -0.2) is 9.59 Å². The van der Waals surface area contributed by atoms with Gasteiger partial charge in [-0.2, -0.15) is 26.3 Å². The zero-order valence-electron chi connectivity index (χ0n) is 17.4. The van der Waals surface area contributed by atoms with Gasteiger partial charge in [-0.05, 0) is 55.8 Å². The van der Waals surface area contributed by atoms with Crippen molar-refractivity contribution in [1.82, 2.24) is 0 Å². The van der Waals surface area contributed by atoms with Crippen molar-refractivity contribution in [2.24, 2.45) is 0 Å². The fourth-order valence-corrected chi connectivity index (χ4v) is 2.84. The number of ether oxygens (including phenoxy) is 2. The van der Waals surface area contributed by atoms with E-state index < -0.39 is 35.4 Å². The molecule has 0 N–H and O–H groups in total. The van der Waals surface area contributed by atoms with Crippen molar-refractivity contribution in [1.29, 1.82) is 0 Å². The van der Waals surface area contributed by atoms with E-state index in [1.807, 2.05) is 0 Å². The molecule has 0 saturated heterocycles. The number of carbonyl (C=O) groups excluding carboxylic acids is 2. The third kappa shape index (κ3) is 8.91. The average molecular weight is 541 g/mol. The molecule has 0 aliphatic heterocycles. The Hall–Kier alpha value is -2.82. The largest absolute Gasteiger partial charge is 0.462 e. The molecule has 0 spiro atoms. The van der Waals surface area contributed by atoms with Crippen LogP contribution < -0.4 is 0 Å². The summed E-state index contributed by atoms with van der Waals surface area (Å²) in [4.78, 5) is 22.6. The van der Waals surface area contributed by atoms with Crippen LogP contribution >= 0.6 is 15.9 Å². The molecule has 0 aliphatic rings. The van der Waals surface area contributed by atoms with Gasteiger partial charge in [0.15, 0.2) is 0 Å². The molecule has 0 saturated carbocycles. The predicted octanol–water partition coefficient (Wildman–Crippen LogP) is 7.17. The van der Waals surface area contributed by atoms with Crippen molar-refractivity contribution in [2.45, 2.75) is 26.2 Å².